The largest absolute Gasteiger partial charge is 0.391 e. The lowest BCUT2D eigenvalue weighted by atomic mass is 10.2. The molecule has 1 aromatic heterocycles. The van der Waals surface area contributed by atoms with Crippen molar-refractivity contribution in [3.63, 3.8) is 0 Å². The van der Waals surface area contributed by atoms with Gasteiger partial charge in [0.05, 0.1) is 16.5 Å². The number of hydrogen-bond donors (Lipinski definition) is 2. The van der Waals surface area contributed by atoms with Gasteiger partial charge in [-0.05, 0) is 37.8 Å². The lowest BCUT2D eigenvalue weighted by Crippen LogP contribution is -2.42. The topological polar surface area (TPSA) is 52.6 Å². The molecule has 1 aliphatic rings. The Morgan fingerprint density at radius 3 is 2.84 bits per heavy atom. The average molecular weight is 303 g/mol. The second-order valence-corrected chi connectivity index (χ2v) is 6.85. The second kappa shape index (κ2) is 6.11. The van der Waals surface area contributed by atoms with Crippen LogP contribution in [0.1, 0.15) is 30.7 Å². The predicted octanol–water partition coefficient (Wildman–Crippen LogP) is 2.87. The summed E-state index contributed by atoms with van der Waals surface area (Å²) in [6, 6.07) is 3.49. The van der Waals surface area contributed by atoms with Gasteiger partial charge in [0.1, 0.15) is 0 Å². The van der Waals surface area contributed by atoms with Crippen molar-refractivity contribution < 1.29 is 9.90 Å². The van der Waals surface area contributed by atoms with Crippen molar-refractivity contribution in [2.75, 3.05) is 13.6 Å². The van der Waals surface area contributed by atoms with Crippen molar-refractivity contribution >= 4 is 29.0 Å². The fraction of sp³-hybridized carbons (Fsp3) is 0.615. The van der Waals surface area contributed by atoms with Crippen LogP contribution in [0.2, 0.25) is 4.34 Å². The molecule has 0 aliphatic heterocycles. The first kappa shape index (κ1) is 14.6. The molecule has 106 valence electrons. The molecule has 0 spiro atoms. The van der Waals surface area contributed by atoms with Gasteiger partial charge in [-0.25, -0.2) is 4.79 Å². The summed E-state index contributed by atoms with van der Waals surface area (Å²) in [4.78, 5) is 14.5. The van der Waals surface area contributed by atoms with E-state index in [-0.39, 0.29) is 12.1 Å². The highest BCUT2D eigenvalue weighted by molar-refractivity contribution is 7.16. The fourth-order valence-electron chi connectivity index (χ4n) is 1.92. The number of nitrogens with zero attached hydrogens (tertiary/aromatic N) is 1. The van der Waals surface area contributed by atoms with Crippen LogP contribution in [0.4, 0.5) is 4.79 Å². The summed E-state index contributed by atoms with van der Waals surface area (Å²) in [5.74, 6) is 0.378. The number of carbonyl (C=O) groups excluding carboxylic acids is 1. The zero-order valence-corrected chi connectivity index (χ0v) is 12.7. The Morgan fingerprint density at radius 2 is 2.32 bits per heavy atom. The minimum absolute atomic E-state index is 0.0782. The Morgan fingerprint density at radius 1 is 1.63 bits per heavy atom. The lowest BCUT2D eigenvalue weighted by Gasteiger charge is -2.23. The van der Waals surface area contributed by atoms with Crippen LogP contribution >= 0.6 is 22.9 Å². The number of hydrogen-bond acceptors (Lipinski definition) is 3. The SMILES string of the molecule is CC(NC(=O)N(C)CC(O)C1CC1)c1ccc(Cl)s1. The first-order chi connectivity index (χ1) is 8.97. The van der Waals surface area contributed by atoms with E-state index in [9.17, 15) is 9.90 Å². The predicted molar refractivity (Wildman–Crippen MR) is 77.6 cm³/mol. The molecule has 1 heterocycles. The molecule has 2 atom stereocenters. The summed E-state index contributed by atoms with van der Waals surface area (Å²) in [6.45, 7) is 2.31. The molecule has 2 N–H and O–H groups in total. The summed E-state index contributed by atoms with van der Waals surface area (Å²) in [6.07, 6.45) is 1.74. The maximum Gasteiger partial charge on any atom is 0.317 e. The molecule has 2 rings (SSSR count). The van der Waals surface area contributed by atoms with Crippen molar-refractivity contribution in [1.29, 1.82) is 0 Å². The van der Waals surface area contributed by atoms with Crippen LogP contribution in [0, 0.1) is 5.92 Å². The number of aliphatic hydroxyl groups excluding tert-OH is 1. The Bertz CT molecular complexity index is 448. The number of aliphatic hydroxyl groups is 1. The molecule has 4 nitrogen and oxygen atoms in total. The highest BCUT2D eigenvalue weighted by Crippen LogP contribution is 2.32. The van der Waals surface area contributed by atoms with Crippen LogP contribution in [-0.4, -0.2) is 35.7 Å². The zero-order chi connectivity index (χ0) is 14.0. The molecule has 0 radical (unpaired) electrons. The van der Waals surface area contributed by atoms with Gasteiger partial charge in [-0.1, -0.05) is 11.6 Å². The van der Waals surface area contributed by atoms with E-state index in [1.807, 2.05) is 19.1 Å². The van der Waals surface area contributed by atoms with Crippen LogP contribution in [-0.2, 0) is 0 Å². The van der Waals surface area contributed by atoms with Crippen LogP contribution < -0.4 is 5.32 Å². The number of rotatable bonds is 5. The Kier molecular flexibility index (Phi) is 4.71. The maximum atomic E-state index is 12.0. The molecule has 0 saturated heterocycles. The quantitative estimate of drug-likeness (QED) is 0.879. The van der Waals surface area contributed by atoms with E-state index < -0.39 is 6.10 Å². The Balaban J connectivity index is 1.82. The second-order valence-electron chi connectivity index (χ2n) is 5.10. The van der Waals surface area contributed by atoms with Crippen molar-refractivity contribution in [3.05, 3.63) is 21.3 Å². The van der Waals surface area contributed by atoms with Gasteiger partial charge in [0.25, 0.3) is 0 Å². The minimum atomic E-state index is -0.401. The fourth-order valence-corrected chi connectivity index (χ4v) is 2.98. The normalized spacial score (nSPS) is 17.9. The molecule has 1 fully saturated rings. The zero-order valence-electron chi connectivity index (χ0n) is 11.1. The van der Waals surface area contributed by atoms with E-state index in [0.29, 0.717) is 16.8 Å². The third-order valence-corrected chi connectivity index (χ3v) is 4.75. The van der Waals surface area contributed by atoms with Crippen LogP contribution in [0.25, 0.3) is 0 Å². The van der Waals surface area contributed by atoms with Gasteiger partial charge in [-0.3, -0.25) is 0 Å². The summed E-state index contributed by atoms with van der Waals surface area (Å²) in [5, 5.41) is 12.7. The molecule has 1 aromatic rings. The molecular weight excluding hydrogens is 284 g/mol. The van der Waals surface area contributed by atoms with E-state index in [2.05, 4.69) is 5.32 Å². The molecule has 0 aromatic carbocycles. The van der Waals surface area contributed by atoms with Gasteiger partial charge < -0.3 is 15.3 Å². The standard InChI is InChI=1S/C13H19ClN2O2S/c1-8(11-5-6-12(14)19-11)15-13(18)16(2)7-10(17)9-3-4-9/h5-6,8-10,17H,3-4,7H2,1-2H3,(H,15,18). The summed E-state index contributed by atoms with van der Waals surface area (Å²) in [7, 11) is 1.70. The number of halogens is 1. The maximum absolute atomic E-state index is 12.0. The summed E-state index contributed by atoms with van der Waals surface area (Å²) >= 11 is 7.34. The molecule has 1 saturated carbocycles. The van der Waals surface area contributed by atoms with Crippen molar-refractivity contribution in [1.82, 2.24) is 10.2 Å². The molecule has 2 unspecified atom stereocenters. The Labute approximate surface area is 122 Å². The van der Waals surface area contributed by atoms with Gasteiger partial charge in [-0.2, -0.15) is 0 Å². The Hall–Kier alpha value is -0.780. The molecular formula is C13H19ClN2O2S. The minimum Gasteiger partial charge on any atom is -0.391 e. The third-order valence-electron chi connectivity index (χ3n) is 3.33. The average Bonchev–Trinajstić information content (AvgIpc) is 3.11. The lowest BCUT2D eigenvalue weighted by molar-refractivity contribution is 0.113. The molecule has 0 bridgehead atoms. The number of carbonyl (C=O) groups is 1. The molecule has 19 heavy (non-hydrogen) atoms. The molecule has 6 heteroatoms. The van der Waals surface area contributed by atoms with E-state index in [4.69, 9.17) is 11.6 Å². The van der Waals surface area contributed by atoms with Crippen LogP contribution in [0.3, 0.4) is 0 Å². The smallest absolute Gasteiger partial charge is 0.317 e. The number of likely N-dealkylation sites (N-methyl/N-ethyl adjacent to an activating group) is 1. The third kappa shape index (κ3) is 4.09. The van der Waals surface area contributed by atoms with E-state index in [1.54, 1.807) is 7.05 Å². The van der Waals surface area contributed by atoms with Crippen LogP contribution in [0.15, 0.2) is 12.1 Å². The van der Waals surface area contributed by atoms with E-state index in [0.717, 1.165) is 17.7 Å². The van der Waals surface area contributed by atoms with Gasteiger partial charge >= 0.3 is 6.03 Å². The monoisotopic (exact) mass is 302 g/mol. The van der Waals surface area contributed by atoms with Gasteiger partial charge in [0.2, 0.25) is 0 Å². The number of urea groups is 1. The van der Waals surface area contributed by atoms with Crippen molar-refractivity contribution in [2.24, 2.45) is 5.92 Å². The van der Waals surface area contributed by atoms with Gasteiger partial charge in [0, 0.05) is 18.5 Å². The van der Waals surface area contributed by atoms with E-state index >= 15 is 0 Å². The van der Waals surface area contributed by atoms with Gasteiger partial charge in [0.15, 0.2) is 0 Å². The summed E-state index contributed by atoms with van der Waals surface area (Å²) in [5.41, 5.74) is 0. The van der Waals surface area contributed by atoms with Crippen molar-refractivity contribution in [2.45, 2.75) is 31.9 Å². The number of thiophene rings is 1. The first-order valence-electron chi connectivity index (χ1n) is 6.42. The first-order valence-corrected chi connectivity index (χ1v) is 7.61. The summed E-state index contributed by atoms with van der Waals surface area (Å²) < 4.78 is 0.716. The highest BCUT2D eigenvalue weighted by atomic mass is 35.5. The molecule has 2 amide bonds. The molecule has 1 aliphatic carbocycles. The van der Waals surface area contributed by atoms with E-state index in [1.165, 1.54) is 16.2 Å². The number of amides is 2. The van der Waals surface area contributed by atoms with Crippen LogP contribution in [0.5, 0.6) is 0 Å². The van der Waals surface area contributed by atoms with Gasteiger partial charge in [-0.15, -0.1) is 11.3 Å². The van der Waals surface area contributed by atoms with Crippen molar-refractivity contribution in [3.8, 4) is 0 Å². The number of nitrogens with one attached hydrogen (secondary N) is 1. The highest BCUT2D eigenvalue weighted by Gasteiger charge is 2.31.